The number of aliphatic hydroxyl groups is 1. The van der Waals surface area contributed by atoms with E-state index in [2.05, 4.69) is 40.3 Å². The van der Waals surface area contributed by atoms with Gasteiger partial charge in [-0.1, -0.05) is 57.2 Å². The smallest absolute Gasteiger partial charge is 0.277 e. The number of fused-ring (bicyclic) bond motifs is 1. The van der Waals surface area contributed by atoms with Crippen molar-refractivity contribution in [3.63, 3.8) is 0 Å². The zero-order valence-corrected chi connectivity index (χ0v) is 47.3. The second kappa shape index (κ2) is 24.8. The first-order valence-corrected chi connectivity index (χ1v) is 29.0. The van der Waals surface area contributed by atoms with Crippen LogP contribution in [0.15, 0.2) is 104 Å². The van der Waals surface area contributed by atoms with E-state index in [1.165, 1.54) is 11.1 Å². The van der Waals surface area contributed by atoms with Crippen LogP contribution in [-0.2, 0) is 25.7 Å². The first-order valence-electron chi connectivity index (χ1n) is 28.0. The number of hydrogen-bond acceptors (Lipinski definition) is 12. The molecule has 0 radical (unpaired) electrons. The predicted molar refractivity (Wildman–Crippen MR) is 307 cm³/mol. The molecule has 3 aromatic carbocycles. The maximum atomic E-state index is 16.1. The average molecular weight is 1150 g/mol. The van der Waals surface area contributed by atoms with Crippen molar-refractivity contribution < 1.29 is 46.2 Å². The maximum absolute atomic E-state index is 16.1. The summed E-state index contributed by atoms with van der Waals surface area (Å²) in [5, 5.41) is 18.3. The molecule has 0 bridgehead atoms. The molecule has 434 valence electrons. The van der Waals surface area contributed by atoms with Gasteiger partial charge in [-0.3, -0.25) is 33.6 Å². The first-order chi connectivity index (χ1) is 39.3. The van der Waals surface area contributed by atoms with E-state index in [4.69, 9.17) is 0 Å². The van der Waals surface area contributed by atoms with Crippen LogP contribution < -0.4 is 19.9 Å². The van der Waals surface area contributed by atoms with Crippen LogP contribution in [0, 0.1) is 23.0 Å². The predicted octanol–water partition coefficient (Wildman–Crippen LogP) is 6.91. The molecular weight excluding hydrogens is 1080 g/mol. The average Bonchev–Trinajstić information content (AvgIpc) is 4.26. The zero-order chi connectivity index (χ0) is 58.0. The van der Waals surface area contributed by atoms with Gasteiger partial charge in [0.05, 0.1) is 30.8 Å². The van der Waals surface area contributed by atoms with Crippen molar-refractivity contribution in [2.24, 2.45) is 11.3 Å². The highest BCUT2D eigenvalue weighted by Gasteiger charge is 2.45. The molecule has 1 unspecified atom stereocenters. The second-order valence-electron chi connectivity index (χ2n) is 23.1. The molecule has 22 heteroatoms. The third-order valence-electron chi connectivity index (χ3n) is 16.4. The number of alkyl halides is 1. The number of hydrazine groups is 1. The largest absolute Gasteiger partial charge is 0.391 e. The molecule has 82 heavy (non-hydrogen) atoms. The summed E-state index contributed by atoms with van der Waals surface area (Å²) in [5.74, 6) is -4.04. The van der Waals surface area contributed by atoms with Crippen LogP contribution in [0.4, 0.5) is 24.5 Å². The molecule has 4 aliphatic heterocycles. The van der Waals surface area contributed by atoms with Crippen molar-refractivity contribution in [3.8, 4) is 22.3 Å². The summed E-state index contributed by atoms with van der Waals surface area (Å²) in [7, 11) is 0. The summed E-state index contributed by atoms with van der Waals surface area (Å²) in [6.45, 7) is 13.1. The first kappa shape index (κ1) is 58.1. The maximum Gasteiger partial charge on any atom is 0.277 e. The van der Waals surface area contributed by atoms with Crippen molar-refractivity contribution in [1.29, 1.82) is 0 Å². The number of β-amino-alcohol motifs (C(OH)–C–C–N with tert-alkyl or cyclic N) is 1. The van der Waals surface area contributed by atoms with E-state index in [0.29, 0.717) is 40.0 Å². The van der Waals surface area contributed by atoms with Gasteiger partial charge >= 0.3 is 0 Å². The van der Waals surface area contributed by atoms with Crippen molar-refractivity contribution in [3.05, 3.63) is 132 Å². The van der Waals surface area contributed by atoms with Gasteiger partial charge in [0, 0.05) is 112 Å². The number of carbonyl (C=O) groups excluding carboxylic acids is 4. The quantitative estimate of drug-likeness (QED) is 0.0465. The number of pyridine rings is 2. The number of aliphatic hydroxyl groups excluding tert-OH is 1. The Kier molecular flexibility index (Phi) is 17.6. The monoisotopic (exact) mass is 1150 g/mol. The Hall–Kier alpha value is -7.08. The van der Waals surface area contributed by atoms with Crippen molar-refractivity contribution in [1.82, 2.24) is 45.3 Å². The molecule has 0 spiro atoms. The Labute approximate surface area is 477 Å². The molecule has 3 aromatic heterocycles. The zero-order valence-electron chi connectivity index (χ0n) is 46.4. The standard InChI is InChI=1S/C60H70F3N11O7S/c1-37(39-5-7-40(8-6-39)42-15-20-64-21-16-42)67-58(78)51-30-46(75)35-73(51)59(79)56(60(2,3)4)68-52(76)36-70-27-25-69(26-28-70)33-38-17-22-71(23-18-38)45-11-9-41(10-12-45)43-29-47-48(32-66-57(47)65-31-43)55(77)53-49(62)13-14-50(54(53)63)74(82(80)81)72-24-19-44(61)34-72/h5-16,20-21,29,31-32,37-38,44,46,51,56,75H,17-19,22-28,30,33-36H2,1-4H3,(H,65,66)(H,67,78)(H,68,76)(H,80,81)/t37-,44+,46+,51-,56+/m0/s1. The van der Waals surface area contributed by atoms with Gasteiger partial charge < -0.3 is 35.4 Å². The molecule has 4 fully saturated rings. The van der Waals surface area contributed by atoms with Crippen LogP contribution >= 0.6 is 0 Å². The van der Waals surface area contributed by atoms with E-state index in [0.717, 1.165) is 90.6 Å². The van der Waals surface area contributed by atoms with Crippen LogP contribution in [-0.4, -0.2) is 168 Å². The van der Waals surface area contributed by atoms with Crippen molar-refractivity contribution >= 4 is 57.2 Å². The van der Waals surface area contributed by atoms with E-state index >= 15 is 8.78 Å². The molecule has 3 amide bonds. The molecule has 0 aliphatic carbocycles. The summed E-state index contributed by atoms with van der Waals surface area (Å²) >= 11 is -2.83. The molecule has 4 saturated heterocycles. The Balaban J connectivity index is 0.686. The van der Waals surface area contributed by atoms with Gasteiger partial charge in [0.25, 0.3) is 11.3 Å². The lowest BCUT2D eigenvalue weighted by molar-refractivity contribution is -0.144. The SMILES string of the molecule is C[C@H](NC(=O)[C@@H]1C[C@@H](O)CN1C(=O)[C@@H](NC(=O)CN1CCN(CC2CCN(c3ccc(-c4cnc5[nH]cc(C(=O)c6c(F)ccc(N(N7CC[C@@H](F)C7)S(=O)O)c6F)c5c4)cc3)CC2)CC1)C(C)(C)C)c1ccc(-c2ccncc2)cc1. The van der Waals surface area contributed by atoms with Gasteiger partial charge in [0.15, 0.2) is 5.82 Å². The van der Waals surface area contributed by atoms with Crippen molar-refractivity contribution in [2.45, 2.75) is 83.8 Å². The third-order valence-corrected chi connectivity index (χ3v) is 17.1. The highest BCUT2D eigenvalue weighted by Crippen LogP contribution is 2.35. The van der Waals surface area contributed by atoms with Gasteiger partial charge in [-0.05, 0) is 102 Å². The molecule has 6 atom stereocenters. The number of nitrogens with zero attached hydrogens (tertiary/aromatic N) is 8. The molecular formula is C60H70F3N11O7S. The summed E-state index contributed by atoms with van der Waals surface area (Å²) in [4.78, 5) is 75.6. The third kappa shape index (κ3) is 12.9. The lowest BCUT2D eigenvalue weighted by Crippen LogP contribution is -2.59. The van der Waals surface area contributed by atoms with E-state index in [1.54, 1.807) is 24.7 Å². The van der Waals surface area contributed by atoms with E-state index in [9.17, 15) is 37.4 Å². The summed E-state index contributed by atoms with van der Waals surface area (Å²) in [6.07, 6.45) is 6.43. The number of anilines is 2. The highest BCUT2D eigenvalue weighted by molar-refractivity contribution is 7.80. The number of likely N-dealkylation sites (tertiary alicyclic amines) is 1. The number of benzene rings is 3. The number of H-pyrrole nitrogens is 1. The number of aromatic nitrogens is 3. The summed E-state index contributed by atoms with van der Waals surface area (Å²) in [5.41, 5.74) is 3.63. The fourth-order valence-electron chi connectivity index (χ4n) is 11.7. The molecule has 0 saturated carbocycles. The molecule has 18 nitrogen and oxygen atoms in total. The second-order valence-corrected chi connectivity index (χ2v) is 23.9. The number of nitrogens with one attached hydrogen (secondary N) is 3. The lowest BCUT2D eigenvalue weighted by Gasteiger charge is -2.39. The molecule has 7 heterocycles. The van der Waals surface area contributed by atoms with Crippen LogP contribution in [0.2, 0.25) is 0 Å². The number of ketones is 1. The molecule has 4 aliphatic rings. The molecule has 10 rings (SSSR count). The Morgan fingerprint density at radius 3 is 2.15 bits per heavy atom. The van der Waals surface area contributed by atoms with E-state index < -0.39 is 75.6 Å². The van der Waals surface area contributed by atoms with Crippen molar-refractivity contribution in [2.75, 3.05) is 81.3 Å². The number of rotatable bonds is 17. The van der Waals surface area contributed by atoms with Gasteiger partial charge in [-0.2, -0.15) is 4.41 Å². The Morgan fingerprint density at radius 1 is 0.829 bits per heavy atom. The number of hydrogen-bond donors (Lipinski definition) is 5. The Bertz CT molecular complexity index is 3300. The number of aromatic amines is 1. The fraction of sp³-hybridized carbons (Fsp3) is 0.433. The molecule has 6 aromatic rings. The number of halogens is 3. The fourth-order valence-corrected chi connectivity index (χ4v) is 12.4. The number of carbonyl (C=O) groups is 4. The number of piperidine rings is 1. The summed E-state index contributed by atoms with van der Waals surface area (Å²) < 4.78 is 68.5. The summed E-state index contributed by atoms with van der Waals surface area (Å²) in [6, 6.07) is 21.1. The van der Waals surface area contributed by atoms with E-state index in [-0.39, 0.29) is 62.4 Å². The minimum atomic E-state index is -2.83. The van der Waals surface area contributed by atoms with Crippen LogP contribution in [0.25, 0.3) is 33.3 Å². The highest BCUT2D eigenvalue weighted by atomic mass is 32.2. The normalized spacial score (nSPS) is 20.7. The Morgan fingerprint density at radius 2 is 1.49 bits per heavy atom. The lowest BCUT2D eigenvalue weighted by atomic mass is 9.85. The van der Waals surface area contributed by atoms with Crippen LogP contribution in [0.1, 0.15) is 80.9 Å². The topological polar surface area (TPSA) is 211 Å². The van der Waals surface area contributed by atoms with Crippen LogP contribution in [0.3, 0.4) is 0 Å². The van der Waals surface area contributed by atoms with Gasteiger partial charge in [-0.15, -0.1) is 0 Å². The molecule has 5 N–H and O–H groups in total. The number of amides is 3. The van der Waals surface area contributed by atoms with E-state index in [1.807, 2.05) is 88.4 Å². The van der Waals surface area contributed by atoms with Gasteiger partial charge in [0.2, 0.25) is 23.5 Å². The minimum absolute atomic E-state index is 0.00865. The van der Waals surface area contributed by atoms with Gasteiger partial charge in [0.1, 0.15) is 35.4 Å². The minimum Gasteiger partial charge on any atom is -0.391 e. The van der Waals surface area contributed by atoms with Crippen LogP contribution in [0.5, 0.6) is 0 Å². The van der Waals surface area contributed by atoms with Gasteiger partial charge in [-0.25, -0.2) is 27.4 Å². The number of piperazine rings is 1.